The van der Waals surface area contributed by atoms with E-state index in [2.05, 4.69) is 21.3 Å². The molecule has 4 rings (SSSR count). The second kappa shape index (κ2) is 11.1. The summed E-state index contributed by atoms with van der Waals surface area (Å²) in [6.07, 6.45) is 5.77. The molecule has 0 heterocycles. The van der Waals surface area contributed by atoms with Crippen molar-refractivity contribution in [1.29, 1.82) is 0 Å². The molecule has 33 heavy (non-hydrogen) atoms. The third-order valence-electron chi connectivity index (χ3n) is 6.94. The van der Waals surface area contributed by atoms with Gasteiger partial charge in [0.2, 0.25) is 0 Å². The Hall–Kier alpha value is -2.44. The lowest BCUT2D eigenvalue weighted by Gasteiger charge is -2.31. The van der Waals surface area contributed by atoms with Crippen molar-refractivity contribution in [2.45, 2.75) is 32.1 Å². The maximum atomic E-state index is 12.4. The summed E-state index contributed by atoms with van der Waals surface area (Å²) in [7, 11) is 0. The van der Waals surface area contributed by atoms with E-state index < -0.39 is 0 Å². The molecule has 0 spiro atoms. The number of urea groups is 2. The largest absolute Gasteiger partial charge is 0.338 e. The first kappa shape index (κ1) is 23.7. The molecule has 0 unspecified atom stereocenters. The minimum Gasteiger partial charge on any atom is -0.338 e. The van der Waals surface area contributed by atoms with Gasteiger partial charge in [-0.25, -0.2) is 9.59 Å². The molecule has 8 heteroatoms. The lowest BCUT2D eigenvalue weighted by molar-refractivity contribution is 0.198. The van der Waals surface area contributed by atoms with Crippen LogP contribution < -0.4 is 21.3 Å². The topological polar surface area (TPSA) is 82.3 Å². The van der Waals surface area contributed by atoms with Gasteiger partial charge in [-0.2, -0.15) is 0 Å². The molecule has 4 N–H and O–H groups in total. The van der Waals surface area contributed by atoms with Crippen LogP contribution in [-0.2, 0) is 0 Å². The van der Waals surface area contributed by atoms with E-state index in [4.69, 9.17) is 23.2 Å². The van der Waals surface area contributed by atoms with E-state index in [1.165, 1.54) is 19.3 Å². The van der Waals surface area contributed by atoms with Crippen LogP contribution in [0.4, 0.5) is 21.0 Å². The van der Waals surface area contributed by atoms with Crippen LogP contribution in [0.25, 0.3) is 0 Å². The summed E-state index contributed by atoms with van der Waals surface area (Å²) in [5.74, 6) is 2.51. The molecular formula is C25H30Cl2N4O2. The zero-order chi connectivity index (χ0) is 23.2. The van der Waals surface area contributed by atoms with E-state index in [1.807, 2.05) is 12.1 Å². The van der Waals surface area contributed by atoms with Crippen molar-refractivity contribution in [2.24, 2.45) is 23.7 Å². The molecule has 2 saturated carbocycles. The zero-order valence-corrected chi connectivity index (χ0v) is 20.0. The average Bonchev–Trinajstić information content (AvgIpc) is 3.37. The number of fused-ring (bicyclic) bond motifs is 2. The van der Waals surface area contributed by atoms with Crippen LogP contribution in [0, 0.1) is 23.7 Å². The fourth-order valence-electron chi connectivity index (χ4n) is 5.53. The normalized spacial score (nSPS) is 23.2. The minimum atomic E-state index is -0.221. The van der Waals surface area contributed by atoms with Gasteiger partial charge in [-0.15, -0.1) is 0 Å². The number of hydrogen-bond donors (Lipinski definition) is 4. The van der Waals surface area contributed by atoms with E-state index in [-0.39, 0.29) is 12.1 Å². The number of halogens is 2. The highest BCUT2D eigenvalue weighted by atomic mass is 35.5. The number of amides is 4. The van der Waals surface area contributed by atoms with Crippen molar-refractivity contribution in [3.63, 3.8) is 0 Å². The molecule has 2 aromatic rings. The van der Waals surface area contributed by atoms with Gasteiger partial charge in [0, 0.05) is 34.5 Å². The lowest BCUT2D eigenvalue weighted by Crippen LogP contribution is -2.38. The number of benzene rings is 2. The van der Waals surface area contributed by atoms with Crippen LogP contribution in [0.15, 0.2) is 48.5 Å². The Balaban J connectivity index is 1.20. The van der Waals surface area contributed by atoms with Crippen molar-refractivity contribution in [3.8, 4) is 0 Å². The van der Waals surface area contributed by atoms with Gasteiger partial charge in [0.05, 0.1) is 0 Å². The molecule has 2 bridgehead atoms. The zero-order valence-electron chi connectivity index (χ0n) is 18.5. The molecular weight excluding hydrogens is 459 g/mol. The van der Waals surface area contributed by atoms with E-state index in [0.29, 0.717) is 52.3 Å². The maximum absolute atomic E-state index is 12.4. The third kappa shape index (κ3) is 6.55. The summed E-state index contributed by atoms with van der Waals surface area (Å²) < 4.78 is 0. The van der Waals surface area contributed by atoms with Crippen LogP contribution in [0.1, 0.15) is 32.1 Å². The van der Waals surface area contributed by atoms with Gasteiger partial charge in [-0.1, -0.05) is 35.3 Å². The van der Waals surface area contributed by atoms with Gasteiger partial charge < -0.3 is 21.3 Å². The summed E-state index contributed by atoms with van der Waals surface area (Å²) in [6, 6.07) is 13.8. The highest BCUT2D eigenvalue weighted by molar-refractivity contribution is 6.31. The third-order valence-corrected chi connectivity index (χ3v) is 7.41. The monoisotopic (exact) mass is 488 g/mol. The molecule has 176 valence electrons. The highest BCUT2D eigenvalue weighted by Crippen LogP contribution is 2.53. The molecule has 4 atom stereocenters. The Morgan fingerprint density at radius 1 is 0.818 bits per heavy atom. The van der Waals surface area contributed by atoms with Crippen molar-refractivity contribution >= 4 is 46.6 Å². The van der Waals surface area contributed by atoms with Crippen LogP contribution in [0.5, 0.6) is 0 Å². The number of carbonyl (C=O) groups is 2. The van der Waals surface area contributed by atoms with Gasteiger partial charge in [-0.3, -0.25) is 0 Å². The quantitative estimate of drug-likeness (QED) is 0.325. The predicted octanol–water partition coefficient (Wildman–Crippen LogP) is 6.38. The van der Waals surface area contributed by atoms with Crippen molar-refractivity contribution < 1.29 is 9.59 Å². The Morgan fingerprint density at radius 3 is 2.00 bits per heavy atom. The fourth-order valence-corrected chi connectivity index (χ4v) is 5.91. The van der Waals surface area contributed by atoms with Crippen molar-refractivity contribution in [3.05, 3.63) is 58.6 Å². The van der Waals surface area contributed by atoms with Crippen LogP contribution >= 0.6 is 23.2 Å². The fraction of sp³-hybridized carbons (Fsp3) is 0.440. The number of carbonyl (C=O) groups excluding carboxylic acids is 2. The molecule has 2 aliphatic carbocycles. The first-order chi connectivity index (χ1) is 16.0. The maximum Gasteiger partial charge on any atom is 0.319 e. The van der Waals surface area contributed by atoms with Gasteiger partial charge in [0.25, 0.3) is 0 Å². The molecule has 4 amide bonds. The number of rotatable bonds is 8. The second-order valence-corrected chi connectivity index (χ2v) is 9.91. The summed E-state index contributed by atoms with van der Waals surface area (Å²) in [4.78, 5) is 24.5. The summed E-state index contributed by atoms with van der Waals surface area (Å²) in [5, 5.41) is 12.8. The molecule has 2 aromatic carbocycles. The summed E-state index contributed by atoms with van der Waals surface area (Å²) in [6.45, 7) is 1.30. The minimum absolute atomic E-state index is 0.196. The van der Waals surface area contributed by atoms with Crippen LogP contribution in [-0.4, -0.2) is 25.2 Å². The highest BCUT2D eigenvalue weighted by Gasteiger charge is 2.46. The first-order valence-corrected chi connectivity index (χ1v) is 12.3. The Kier molecular flexibility index (Phi) is 7.99. The summed E-state index contributed by atoms with van der Waals surface area (Å²) >= 11 is 11.9. The van der Waals surface area contributed by atoms with Crippen molar-refractivity contribution in [1.82, 2.24) is 10.6 Å². The van der Waals surface area contributed by atoms with Gasteiger partial charge in [0.15, 0.2) is 0 Å². The van der Waals surface area contributed by atoms with E-state index in [1.54, 1.807) is 36.4 Å². The predicted molar refractivity (Wildman–Crippen MR) is 134 cm³/mol. The SMILES string of the molecule is O=C(NCCC[C@H]1[C@@H]2CC[C@@H](C2)[C@@H]1CNC(=O)Nc1cccc(Cl)c1)Nc1cccc(Cl)c1. The first-order valence-electron chi connectivity index (χ1n) is 11.6. The van der Waals surface area contributed by atoms with Crippen LogP contribution in [0.3, 0.4) is 0 Å². The van der Waals surface area contributed by atoms with Crippen LogP contribution in [0.2, 0.25) is 10.0 Å². The Bertz CT molecular complexity index is 986. The summed E-state index contributed by atoms with van der Waals surface area (Å²) in [5.41, 5.74) is 1.36. The Morgan fingerprint density at radius 2 is 1.39 bits per heavy atom. The van der Waals surface area contributed by atoms with Gasteiger partial charge in [-0.05, 0) is 92.2 Å². The number of anilines is 2. The second-order valence-electron chi connectivity index (χ2n) is 9.04. The number of nitrogens with one attached hydrogen (secondary N) is 4. The molecule has 6 nitrogen and oxygen atoms in total. The van der Waals surface area contributed by atoms with E-state index >= 15 is 0 Å². The molecule has 0 aliphatic heterocycles. The standard InChI is InChI=1S/C25H30Cl2N4O2/c26-18-4-1-6-20(13-18)30-24(32)28-11-3-8-22-16-9-10-17(12-16)23(22)15-29-25(33)31-21-7-2-5-19(27)14-21/h1-2,4-7,13-14,16-17,22-23H,3,8-12,15H2,(H2,28,30,32)(H2,29,31,33)/t16-,17+,22+,23+/m1/s1. The Labute approximate surface area is 204 Å². The molecule has 2 fully saturated rings. The molecule has 0 radical (unpaired) electrons. The molecule has 2 aliphatic rings. The average molecular weight is 489 g/mol. The van der Waals surface area contributed by atoms with E-state index in [9.17, 15) is 9.59 Å². The van der Waals surface area contributed by atoms with Crippen molar-refractivity contribution in [2.75, 3.05) is 23.7 Å². The molecule has 0 saturated heterocycles. The smallest absolute Gasteiger partial charge is 0.319 e. The molecule has 0 aromatic heterocycles. The van der Waals surface area contributed by atoms with Gasteiger partial charge in [0.1, 0.15) is 0 Å². The lowest BCUT2D eigenvalue weighted by atomic mass is 9.77. The van der Waals surface area contributed by atoms with Gasteiger partial charge >= 0.3 is 12.1 Å². The number of hydrogen-bond acceptors (Lipinski definition) is 2. The van der Waals surface area contributed by atoms with E-state index in [0.717, 1.165) is 18.8 Å².